The summed E-state index contributed by atoms with van der Waals surface area (Å²) in [7, 11) is -4.17. The van der Waals surface area contributed by atoms with Gasteiger partial charge in [-0.25, -0.2) is 13.2 Å². The number of aliphatic carboxylic acids is 1. The fourth-order valence-corrected chi connectivity index (χ4v) is 4.22. The van der Waals surface area contributed by atoms with Crippen LogP contribution in [0.4, 0.5) is 11.4 Å². The third kappa shape index (κ3) is 5.47. The topological polar surface area (TPSA) is 113 Å². The molecule has 0 saturated carbocycles. The Labute approximate surface area is 170 Å². The first-order valence-corrected chi connectivity index (χ1v) is 10.5. The number of rotatable bonds is 9. The third-order valence-electron chi connectivity index (χ3n) is 4.00. The molecule has 0 spiro atoms. The average Bonchev–Trinajstić information content (AvgIpc) is 2.67. The predicted octanol–water partition coefficient (Wildman–Crippen LogP) is 3.10. The van der Waals surface area contributed by atoms with Gasteiger partial charge in [0.15, 0.2) is 0 Å². The Morgan fingerprint density at radius 2 is 1.69 bits per heavy atom. The fraction of sp³-hybridized carbons (Fsp3) is 0.300. The molecule has 0 saturated heterocycles. The van der Waals surface area contributed by atoms with E-state index in [0.717, 1.165) is 10.7 Å². The van der Waals surface area contributed by atoms with Crippen LogP contribution < -0.4 is 14.4 Å². The number of benzene rings is 2. The van der Waals surface area contributed by atoms with E-state index in [1.165, 1.54) is 50.2 Å². The first-order valence-electron chi connectivity index (χ1n) is 9.04. The van der Waals surface area contributed by atoms with E-state index in [1.807, 2.05) is 6.92 Å². The molecular weight excluding hydrogens is 396 g/mol. The summed E-state index contributed by atoms with van der Waals surface area (Å²) in [6.07, 6.45) is 0.826. The summed E-state index contributed by atoms with van der Waals surface area (Å²) < 4.78 is 32.8. The number of nitrogens with one attached hydrogen (secondary N) is 1. The number of sulfonamides is 1. The Morgan fingerprint density at radius 1 is 1.10 bits per heavy atom. The van der Waals surface area contributed by atoms with Crippen molar-refractivity contribution in [1.82, 2.24) is 0 Å². The van der Waals surface area contributed by atoms with Gasteiger partial charge in [-0.1, -0.05) is 6.92 Å². The van der Waals surface area contributed by atoms with E-state index in [2.05, 4.69) is 5.32 Å². The maximum Gasteiger partial charge on any atom is 0.327 e. The highest BCUT2D eigenvalue weighted by Gasteiger charge is 2.33. The average molecular weight is 420 g/mol. The quantitative estimate of drug-likeness (QED) is 0.644. The van der Waals surface area contributed by atoms with Gasteiger partial charge in [-0.3, -0.25) is 9.10 Å². The van der Waals surface area contributed by atoms with Gasteiger partial charge < -0.3 is 15.2 Å². The second-order valence-electron chi connectivity index (χ2n) is 6.36. The summed E-state index contributed by atoms with van der Waals surface area (Å²) in [6, 6.07) is 10.4. The first kappa shape index (κ1) is 22.2. The van der Waals surface area contributed by atoms with Crippen LogP contribution >= 0.6 is 0 Å². The van der Waals surface area contributed by atoms with Crippen molar-refractivity contribution in [3.05, 3.63) is 48.5 Å². The Hall–Kier alpha value is -3.07. The SMILES string of the molecule is CCCOc1ccc(N(C(C)C(=O)O)S(=O)(=O)c2ccc(NC(C)=O)cc2)cc1. The van der Waals surface area contributed by atoms with E-state index < -0.39 is 22.0 Å². The molecule has 0 heterocycles. The molecule has 1 unspecified atom stereocenters. The molecule has 0 radical (unpaired) electrons. The smallest absolute Gasteiger partial charge is 0.327 e. The van der Waals surface area contributed by atoms with Crippen molar-refractivity contribution < 1.29 is 27.9 Å². The fourth-order valence-electron chi connectivity index (χ4n) is 2.61. The van der Waals surface area contributed by atoms with Crippen LogP contribution in [-0.4, -0.2) is 38.0 Å². The lowest BCUT2D eigenvalue weighted by atomic mass is 10.2. The third-order valence-corrected chi connectivity index (χ3v) is 5.92. The largest absolute Gasteiger partial charge is 0.494 e. The highest BCUT2D eigenvalue weighted by molar-refractivity contribution is 7.92. The van der Waals surface area contributed by atoms with Crippen LogP contribution in [0.3, 0.4) is 0 Å². The van der Waals surface area contributed by atoms with Crippen molar-refractivity contribution in [2.24, 2.45) is 0 Å². The summed E-state index contributed by atoms with van der Waals surface area (Å²) in [4.78, 5) is 22.6. The van der Waals surface area contributed by atoms with Crippen molar-refractivity contribution in [2.45, 2.75) is 38.1 Å². The molecule has 2 aromatic carbocycles. The molecule has 0 aliphatic heterocycles. The van der Waals surface area contributed by atoms with Gasteiger partial charge in [0, 0.05) is 12.6 Å². The number of hydrogen-bond acceptors (Lipinski definition) is 5. The van der Waals surface area contributed by atoms with E-state index in [0.29, 0.717) is 18.0 Å². The minimum absolute atomic E-state index is 0.0917. The van der Waals surface area contributed by atoms with Crippen LogP contribution in [0.25, 0.3) is 0 Å². The van der Waals surface area contributed by atoms with Crippen LogP contribution in [0.1, 0.15) is 27.2 Å². The summed E-state index contributed by atoms with van der Waals surface area (Å²) in [6.45, 7) is 5.13. The molecule has 2 rings (SSSR count). The molecule has 1 amide bonds. The lowest BCUT2D eigenvalue weighted by molar-refractivity contribution is -0.137. The summed E-state index contributed by atoms with van der Waals surface area (Å²) in [5.74, 6) is -1.00. The van der Waals surface area contributed by atoms with Crippen LogP contribution in [0.2, 0.25) is 0 Å². The zero-order valence-electron chi connectivity index (χ0n) is 16.5. The molecule has 8 nitrogen and oxygen atoms in total. The number of anilines is 2. The lowest BCUT2D eigenvalue weighted by Crippen LogP contribution is -2.43. The molecule has 9 heteroatoms. The molecule has 2 N–H and O–H groups in total. The summed E-state index contributed by atoms with van der Waals surface area (Å²) in [5, 5.41) is 12.0. The second-order valence-corrected chi connectivity index (χ2v) is 8.18. The molecule has 0 aliphatic rings. The van der Waals surface area contributed by atoms with Gasteiger partial charge >= 0.3 is 5.97 Å². The minimum Gasteiger partial charge on any atom is -0.494 e. The molecule has 0 aromatic heterocycles. The molecule has 0 bridgehead atoms. The number of nitrogens with zero attached hydrogens (tertiary/aromatic N) is 1. The van der Waals surface area contributed by atoms with E-state index >= 15 is 0 Å². The zero-order chi connectivity index (χ0) is 21.6. The van der Waals surface area contributed by atoms with E-state index in [1.54, 1.807) is 12.1 Å². The van der Waals surface area contributed by atoms with Crippen molar-refractivity contribution in [3.63, 3.8) is 0 Å². The Bertz CT molecular complexity index is 955. The van der Waals surface area contributed by atoms with Gasteiger partial charge in [-0.15, -0.1) is 0 Å². The standard InChI is InChI=1S/C20H24N2O6S/c1-4-13-28-18-9-7-17(8-10-18)22(14(2)20(24)25)29(26,27)19-11-5-16(6-12-19)21-15(3)23/h5-12,14H,4,13H2,1-3H3,(H,21,23)(H,24,25). The number of carbonyl (C=O) groups is 2. The van der Waals surface area contributed by atoms with Crippen molar-refractivity contribution in [2.75, 3.05) is 16.2 Å². The molecule has 29 heavy (non-hydrogen) atoms. The number of amides is 1. The normalized spacial score (nSPS) is 12.1. The minimum atomic E-state index is -4.17. The number of hydrogen-bond donors (Lipinski definition) is 2. The van der Waals surface area contributed by atoms with Gasteiger partial charge in [0.05, 0.1) is 17.2 Å². The van der Waals surface area contributed by atoms with Gasteiger partial charge in [-0.05, 0) is 61.9 Å². The van der Waals surface area contributed by atoms with E-state index in [9.17, 15) is 23.1 Å². The van der Waals surface area contributed by atoms with Crippen molar-refractivity contribution >= 4 is 33.3 Å². The maximum absolute atomic E-state index is 13.2. The maximum atomic E-state index is 13.2. The summed E-state index contributed by atoms with van der Waals surface area (Å²) >= 11 is 0. The summed E-state index contributed by atoms with van der Waals surface area (Å²) in [5.41, 5.74) is 0.640. The van der Waals surface area contributed by atoms with Crippen LogP contribution in [-0.2, 0) is 19.6 Å². The zero-order valence-corrected chi connectivity index (χ0v) is 17.3. The number of carboxylic acids is 1. The van der Waals surface area contributed by atoms with Crippen LogP contribution in [0, 0.1) is 0 Å². The highest BCUT2D eigenvalue weighted by atomic mass is 32.2. The molecule has 1 atom stereocenters. The van der Waals surface area contributed by atoms with Gasteiger partial charge in [0.2, 0.25) is 5.91 Å². The molecule has 0 fully saturated rings. The molecular formula is C20H24N2O6S. The monoisotopic (exact) mass is 420 g/mol. The van der Waals surface area contributed by atoms with Gasteiger partial charge in [0.25, 0.3) is 10.0 Å². The Balaban J connectivity index is 2.43. The predicted molar refractivity (Wildman–Crippen MR) is 110 cm³/mol. The highest BCUT2D eigenvalue weighted by Crippen LogP contribution is 2.29. The first-order chi connectivity index (χ1) is 13.7. The second kappa shape index (κ2) is 9.42. The van der Waals surface area contributed by atoms with Crippen molar-refractivity contribution in [1.29, 1.82) is 0 Å². The lowest BCUT2D eigenvalue weighted by Gasteiger charge is -2.28. The van der Waals surface area contributed by atoms with Gasteiger partial charge in [0.1, 0.15) is 11.8 Å². The van der Waals surface area contributed by atoms with E-state index in [-0.39, 0.29) is 16.5 Å². The van der Waals surface area contributed by atoms with Crippen LogP contribution in [0.15, 0.2) is 53.4 Å². The van der Waals surface area contributed by atoms with Gasteiger partial charge in [-0.2, -0.15) is 0 Å². The number of carbonyl (C=O) groups excluding carboxylic acids is 1. The Morgan fingerprint density at radius 3 is 2.17 bits per heavy atom. The molecule has 156 valence electrons. The van der Waals surface area contributed by atoms with Crippen molar-refractivity contribution in [3.8, 4) is 5.75 Å². The van der Waals surface area contributed by atoms with E-state index in [4.69, 9.17) is 4.74 Å². The molecule has 2 aromatic rings. The van der Waals surface area contributed by atoms with Crippen LogP contribution in [0.5, 0.6) is 5.75 Å². The number of carboxylic acid groups (broad SMARTS) is 1. The Kier molecular flexibility index (Phi) is 7.22. The number of ether oxygens (including phenoxy) is 1. The molecule has 0 aliphatic carbocycles.